The molecule has 0 saturated carbocycles. The summed E-state index contributed by atoms with van der Waals surface area (Å²) in [5.41, 5.74) is 2.10. The summed E-state index contributed by atoms with van der Waals surface area (Å²) in [5.74, 6) is -1.75. The monoisotopic (exact) mass is 475 g/mol. The van der Waals surface area contributed by atoms with E-state index >= 15 is 0 Å². The lowest BCUT2D eigenvalue weighted by Crippen LogP contribution is -2.53. The fourth-order valence-corrected chi connectivity index (χ4v) is 4.58. The molecule has 3 rings (SSSR count). The van der Waals surface area contributed by atoms with Gasteiger partial charge in [-0.3, -0.25) is 4.79 Å². The Labute approximate surface area is 199 Å². The Morgan fingerprint density at radius 1 is 1.18 bits per heavy atom. The highest BCUT2D eigenvalue weighted by Crippen LogP contribution is 2.36. The van der Waals surface area contributed by atoms with Crippen LogP contribution in [0.25, 0.3) is 0 Å². The molecule has 1 aliphatic heterocycles. The number of hydrogen-bond acceptors (Lipinski definition) is 5. The van der Waals surface area contributed by atoms with Gasteiger partial charge in [0.25, 0.3) is 0 Å². The zero-order chi connectivity index (χ0) is 25.1. The van der Waals surface area contributed by atoms with Crippen molar-refractivity contribution in [2.75, 3.05) is 18.4 Å². The van der Waals surface area contributed by atoms with Gasteiger partial charge in [0.05, 0.1) is 17.7 Å². The molecule has 0 aromatic heterocycles. The maximum absolute atomic E-state index is 13.6. The van der Waals surface area contributed by atoms with Crippen molar-refractivity contribution >= 4 is 11.6 Å². The molecule has 1 amide bonds. The number of amides is 1. The molecule has 2 aromatic rings. The third-order valence-electron chi connectivity index (χ3n) is 6.19. The van der Waals surface area contributed by atoms with Crippen LogP contribution in [0, 0.1) is 11.6 Å². The first-order valence-corrected chi connectivity index (χ1v) is 11.6. The van der Waals surface area contributed by atoms with Crippen LogP contribution in [-0.4, -0.2) is 47.0 Å². The Hall–Kier alpha value is -2.55. The fourth-order valence-electron chi connectivity index (χ4n) is 4.58. The Kier molecular flexibility index (Phi) is 7.95. The highest BCUT2D eigenvalue weighted by atomic mass is 19.1. The van der Waals surface area contributed by atoms with E-state index in [-0.39, 0.29) is 18.9 Å². The lowest BCUT2D eigenvalue weighted by atomic mass is 9.82. The molecule has 1 heterocycles. The highest BCUT2D eigenvalue weighted by Gasteiger charge is 2.34. The van der Waals surface area contributed by atoms with Crippen LogP contribution in [0.1, 0.15) is 50.8 Å². The normalized spacial score (nSPS) is 19.6. The average Bonchev–Trinajstić information content (AvgIpc) is 2.70. The van der Waals surface area contributed by atoms with Crippen LogP contribution in [0.3, 0.4) is 0 Å². The van der Waals surface area contributed by atoms with Gasteiger partial charge in [0, 0.05) is 43.7 Å². The maximum Gasteiger partial charge on any atom is 0.217 e. The fraction of sp³-hybridized carbons (Fsp3) is 0.500. The minimum atomic E-state index is -0.995. The first-order chi connectivity index (χ1) is 15.8. The van der Waals surface area contributed by atoms with Crippen molar-refractivity contribution in [2.45, 2.75) is 70.2 Å². The molecular weight excluding hydrogens is 440 g/mol. The molecule has 0 bridgehead atoms. The SMILES string of the molecule is CC(=O)N[C@@H](Cc1cc(F)cc(F)c1)[C@H](O)CNC1(C)CCNc2ccc(CC(C)(C)O)cc21. The first-order valence-electron chi connectivity index (χ1n) is 11.6. The van der Waals surface area contributed by atoms with Gasteiger partial charge in [-0.25, -0.2) is 8.78 Å². The van der Waals surface area contributed by atoms with Crippen LogP contribution in [0.15, 0.2) is 36.4 Å². The summed E-state index contributed by atoms with van der Waals surface area (Å²) in [5, 5.41) is 30.7. The number of carbonyl (C=O) groups excluding carboxylic acids is 1. The summed E-state index contributed by atoms with van der Waals surface area (Å²) in [6.07, 6.45) is 0.360. The maximum atomic E-state index is 13.6. The molecule has 1 unspecified atom stereocenters. The van der Waals surface area contributed by atoms with Crippen molar-refractivity contribution in [3.05, 3.63) is 64.7 Å². The van der Waals surface area contributed by atoms with E-state index in [1.165, 1.54) is 19.1 Å². The molecule has 0 fully saturated rings. The number of hydrogen-bond donors (Lipinski definition) is 5. The molecule has 8 heteroatoms. The molecule has 1 aliphatic rings. The Morgan fingerprint density at radius 2 is 1.85 bits per heavy atom. The van der Waals surface area contributed by atoms with Gasteiger partial charge in [0.15, 0.2) is 0 Å². The Morgan fingerprint density at radius 3 is 2.47 bits per heavy atom. The number of halogens is 2. The largest absolute Gasteiger partial charge is 0.390 e. The van der Waals surface area contributed by atoms with Crippen LogP contribution in [0.5, 0.6) is 0 Å². The number of carbonyl (C=O) groups is 1. The van der Waals surface area contributed by atoms with Gasteiger partial charge in [-0.15, -0.1) is 0 Å². The molecule has 3 atom stereocenters. The van der Waals surface area contributed by atoms with Crippen molar-refractivity contribution in [3.8, 4) is 0 Å². The first kappa shape index (κ1) is 26.1. The predicted octanol–water partition coefficient (Wildman–Crippen LogP) is 3.01. The number of fused-ring (bicyclic) bond motifs is 1. The van der Waals surface area contributed by atoms with Gasteiger partial charge >= 0.3 is 0 Å². The summed E-state index contributed by atoms with van der Waals surface area (Å²) >= 11 is 0. The third-order valence-corrected chi connectivity index (χ3v) is 6.19. The standard InChI is InChI=1S/C26H35F2N3O3/c1-16(32)31-23(12-18-9-19(27)13-20(28)10-18)24(33)15-30-26(4)7-8-29-22-6-5-17(11-21(22)26)14-25(2,3)34/h5-6,9-11,13,23-24,29-30,33-34H,7-8,12,14-15H2,1-4H3,(H,31,32)/t23-,24+,26?/m0/s1. The minimum Gasteiger partial charge on any atom is -0.390 e. The number of anilines is 1. The van der Waals surface area contributed by atoms with E-state index in [2.05, 4.69) is 28.9 Å². The molecule has 6 nitrogen and oxygen atoms in total. The van der Waals surface area contributed by atoms with Crippen molar-refractivity contribution < 1.29 is 23.8 Å². The second kappa shape index (κ2) is 10.4. The van der Waals surface area contributed by atoms with E-state index in [9.17, 15) is 23.8 Å². The molecule has 0 saturated heterocycles. The molecule has 186 valence electrons. The summed E-state index contributed by atoms with van der Waals surface area (Å²) in [7, 11) is 0. The van der Waals surface area contributed by atoms with Gasteiger partial charge in [-0.1, -0.05) is 12.1 Å². The van der Waals surface area contributed by atoms with Crippen molar-refractivity contribution in [2.24, 2.45) is 0 Å². The lowest BCUT2D eigenvalue weighted by molar-refractivity contribution is -0.120. The highest BCUT2D eigenvalue weighted by molar-refractivity contribution is 5.73. The topological polar surface area (TPSA) is 93.6 Å². The van der Waals surface area contributed by atoms with Gasteiger partial charge in [-0.05, 0) is 68.5 Å². The second-order valence-corrected chi connectivity index (χ2v) is 10.1. The molecule has 0 radical (unpaired) electrons. The number of rotatable bonds is 9. The number of benzene rings is 2. The number of nitrogens with one attached hydrogen (secondary N) is 3. The third kappa shape index (κ3) is 6.98. The summed E-state index contributed by atoms with van der Waals surface area (Å²) in [6.45, 7) is 7.84. The second-order valence-electron chi connectivity index (χ2n) is 10.1. The molecule has 0 spiro atoms. The summed E-state index contributed by atoms with van der Waals surface area (Å²) in [4.78, 5) is 11.7. The van der Waals surface area contributed by atoms with Crippen molar-refractivity contribution in [1.29, 1.82) is 0 Å². The van der Waals surface area contributed by atoms with E-state index in [0.29, 0.717) is 12.0 Å². The molecule has 0 aliphatic carbocycles. The summed E-state index contributed by atoms with van der Waals surface area (Å²) in [6, 6.07) is 8.53. The molecule has 2 aromatic carbocycles. The van der Waals surface area contributed by atoms with Crippen LogP contribution in [0.4, 0.5) is 14.5 Å². The Bertz CT molecular complexity index is 1000. The van der Waals surface area contributed by atoms with Crippen LogP contribution < -0.4 is 16.0 Å². The van der Waals surface area contributed by atoms with Gasteiger partial charge < -0.3 is 26.2 Å². The van der Waals surface area contributed by atoms with Crippen LogP contribution >= 0.6 is 0 Å². The van der Waals surface area contributed by atoms with Crippen molar-refractivity contribution in [3.63, 3.8) is 0 Å². The molecule has 5 N–H and O–H groups in total. The van der Waals surface area contributed by atoms with Gasteiger partial charge in [0.2, 0.25) is 5.91 Å². The van der Waals surface area contributed by atoms with E-state index in [1.807, 2.05) is 12.1 Å². The quantitative estimate of drug-likeness (QED) is 0.385. The smallest absolute Gasteiger partial charge is 0.217 e. The van der Waals surface area contributed by atoms with E-state index in [1.54, 1.807) is 13.8 Å². The number of aliphatic hydroxyl groups excluding tert-OH is 1. The zero-order valence-corrected chi connectivity index (χ0v) is 20.2. The average molecular weight is 476 g/mol. The van der Waals surface area contributed by atoms with Gasteiger partial charge in [-0.2, -0.15) is 0 Å². The van der Waals surface area contributed by atoms with E-state index in [4.69, 9.17) is 0 Å². The zero-order valence-electron chi connectivity index (χ0n) is 20.2. The predicted molar refractivity (Wildman–Crippen MR) is 129 cm³/mol. The van der Waals surface area contributed by atoms with Gasteiger partial charge in [0.1, 0.15) is 11.6 Å². The number of aliphatic hydroxyl groups is 2. The van der Waals surface area contributed by atoms with Crippen LogP contribution in [0.2, 0.25) is 0 Å². The summed E-state index contributed by atoms with van der Waals surface area (Å²) < 4.78 is 27.3. The Balaban J connectivity index is 1.76. The van der Waals surface area contributed by atoms with E-state index in [0.717, 1.165) is 35.8 Å². The molecule has 34 heavy (non-hydrogen) atoms. The molecular formula is C26H35F2N3O3. The minimum absolute atomic E-state index is 0.0850. The lowest BCUT2D eigenvalue weighted by Gasteiger charge is -2.39. The van der Waals surface area contributed by atoms with Crippen LogP contribution in [-0.2, 0) is 23.2 Å². The van der Waals surface area contributed by atoms with E-state index < -0.39 is 34.9 Å². The van der Waals surface area contributed by atoms with Crippen molar-refractivity contribution in [1.82, 2.24) is 10.6 Å².